The van der Waals surface area contributed by atoms with E-state index in [9.17, 15) is 8.42 Å². The van der Waals surface area contributed by atoms with Gasteiger partial charge in [-0.3, -0.25) is 0 Å². The molecule has 100 valence electrons. The van der Waals surface area contributed by atoms with E-state index < -0.39 is 9.84 Å². The molecule has 2 fully saturated rings. The van der Waals surface area contributed by atoms with Crippen LogP contribution in [0.5, 0.6) is 0 Å². The quantitative estimate of drug-likeness (QED) is 0.896. The van der Waals surface area contributed by atoms with E-state index in [0.29, 0.717) is 18.2 Å². The number of hydrogen-bond acceptors (Lipinski definition) is 4. The van der Waals surface area contributed by atoms with Crippen LogP contribution in [0, 0.1) is 0 Å². The molecule has 6 heteroatoms. The third-order valence-corrected chi connectivity index (χ3v) is 5.70. The van der Waals surface area contributed by atoms with Crippen molar-refractivity contribution in [3.8, 4) is 0 Å². The monoisotopic (exact) mass is 269 g/mol. The second-order valence-electron chi connectivity index (χ2n) is 5.38. The smallest absolute Gasteiger partial charge is 0.152 e. The molecule has 0 radical (unpaired) electrons. The van der Waals surface area contributed by atoms with Crippen molar-refractivity contribution in [3.63, 3.8) is 0 Å². The van der Waals surface area contributed by atoms with Crippen molar-refractivity contribution in [2.24, 2.45) is 0 Å². The molecule has 2 aliphatic rings. The third kappa shape index (κ3) is 1.92. The molecule has 2 heterocycles. The summed E-state index contributed by atoms with van der Waals surface area (Å²) in [6, 6.07) is -0.0622. The van der Waals surface area contributed by atoms with Gasteiger partial charge in [0.15, 0.2) is 9.84 Å². The van der Waals surface area contributed by atoms with Crippen molar-refractivity contribution >= 4 is 15.7 Å². The molecular weight excluding hydrogens is 250 g/mol. The van der Waals surface area contributed by atoms with Crippen LogP contribution in [-0.4, -0.2) is 29.7 Å². The summed E-state index contributed by atoms with van der Waals surface area (Å²) in [7, 11) is -2.89. The van der Waals surface area contributed by atoms with Gasteiger partial charge in [0, 0.05) is 11.5 Å². The van der Waals surface area contributed by atoms with Crippen LogP contribution >= 0.6 is 0 Å². The molecular formula is C12H19N3O2S. The molecule has 1 aliphatic carbocycles. The Morgan fingerprint density at radius 2 is 2.11 bits per heavy atom. The number of anilines is 1. The first-order valence-electron chi connectivity index (χ1n) is 6.59. The van der Waals surface area contributed by atoms with Crippen molar-refractivity contribution in [1.29, 1.82) is 0 Å². The van der Waals surface area contributed by atoms with Gasteiger partial charge in [-0.15, -0.1) is 0 Å². The minimum Gasteiger partial charge on any atom is -0.384 e. The highest BCUT2D eigenvalue weighted by atomic mass is 32.2. The third-order valence-electron chi connectivity index (χ3n) is 3.95. The van der Waals surface area contributed by atoms with E-state index in [2.05, 4.69) is 12.0 Å². The summed E-state index contributed by atoms with van der Waals surface area (Å²) in [6.07, 6.45) is 3.89. The predicted octanol–water partition coefficient (Wildman–Crippen LogP) is 1.26. The van der Waals surface area contributed by atoms with E-state index >= 15 is 0 Å². The lowest BCUT2D eigenvalue weighted by Crippen LogP contribution is -2.15. The first-order valence-corrected chi connectivity index (χ1v) is 8.41. The Bertz CT molecular complexity index is 572. The molecule has 5 nitrogen and oxygen atoms in total. The second kappa shape index (κ2) is 3.98. The Morgan fingerprint density at radius 1 is 1.39 bits per heavy atom. The molecule has 0 bridgehead atoms. The Balaban J connectivity index is 1.97. The first kappa shape index (κ1) is 12.0. The molecule has 1 aromatic heterocycles. The highest BCUT2D eigenvalue weighted by Crippen LogP contribution is 2.43. The van der Waals surface area contributed by atoms with Crippen LogP contribution in [0.15, 0.2) is 0 Å². The van der Waals surface area contributed by atoms with Crippen LogP contribution in [0.3, 0.4) is 0 Å². The zero-order chi connectivity index (χ0) is 12.9. The molecule has 3 rings (SSSR count). The summed E-state index contributed by atoms with van der Waals surface area (Å²) in [5, 5.41) is 4.62. The number of rotatable bonds is 3. The van der Waals surface area contributed by atoms with Crippen LogP contribution in [0.2, 0.25) is 0 Å². The summed E-state index contributed by atoms with van der Waals surface area (Å²) >= 11 is 0. The highest BCUT2D eigenvalue weighted by Gasteiger charge is 2.35. The van der Waals surface area contributed by atoms with Crippen LogP contribution in [0.4, 0.5) is 5.82 Å². The summed E-state index contributed by atoms with van der Waals surface area (Å²) in [5.74, 6) is 1.69. The molecule has 1 aliphatic heterocycles. The van der Waals surface area contributed by atoms with Gasteiger partial charge in [-0.1, -0.05) is 6.92 Å². The first-order chi connectivity index (χ1) is 8.52. The fraction of sp³-hybridized carbons (Fsp3) is 0.750. The number of nitrogens with zero attached hydrogens (tertiary/aromatic N) is 2. The summed E-state index contributed by atoms with van der Waals surface area (Å²) in [6.45, 7) is 2.08. The lowest BCUT2D eigenvalue weighted by atomic mass is 10.1. The van der Waals surface area contributed by atoms with Gasteiger partial charge < -0.3 is 5.73 Å². The predicted molar refractivity (Wildman–Crippen MR) is 70.3 cm³/mol. The zero-order valence-corrected chi connectivity index (χ0v) is 11.4. The maximum atomic E-state index is 11.6. The molecule has 0 spiro atoms. The van der Waals surface area contributed by atoms with Gasteiger partial charge in [0.05, 0.1) is 23.2 Å². The summed E-state index contributed by atoms with van der Waals surface area (Å²) in [5.41, 5.74) is 8.39. The largest absolute Gasteiger partial charge is 0.384 e. The van der Waals surface area contributed by atoms with E-state index in [1.807, 2.05) is 0 Å². The minimum atomic E-state index is -2.89. The number of nitrogen functional groups attached to an aromatic ring is 1. The van der Waals surface area contributed by atoms with Crippen molar-refractivity contribution in [1.82, 2.24) is 9.78 Å². The SMILES string of the molecule is CCc1c(C2CC2)nn(C2CCS(=O)(=O)C2)c1N. The van der Waals surface area contributed by atoms with Crippen molar-refractivity contribution in [2.75, 3.05) is 17.2 Å². The van der Waals surface area contributed by atoms with E-state index in [1.165, 1.54) is 12.8 Å². The Labute approximate surface area is 107 Å². The zero-order valence-electron chi connectivity index (χ0n) is 10.6. The number of sulfone groups is 1. The molecule has 1 saturated heterocycles. The molecule has 1 atom stereocenters. The average Bonchev–Trinajstić information content (AvgIpc) is 3.01. The molecule has 1 aromatic rings. The molecule has 0 aromatic carbocycles. The van der Waals surface area contributed by atoms with Crippen molar-refractivity contribution in [3.05, 3.63) is 11.3 Å². The standard InChI is InChI=1S/C12H19N3O2S/c1-2-10-11(8-3-4-8)14-15(12(10)13)9-5-6-18(16,17)7-9/h8-9H,2-7,13H2,1H3. The lowest BCUT2D eigenvalue weighted by Gasteiger charge is -2.10. The fourth-order valence-corrected chi connectivity index (χ4v) is 4.49. The van der Waals surface area contributed by atoms with Crippen molar-refractivity contribution < 1.29 is 8.42 Å². The minimum absolute atomic E-state index is 0.0622. The number of aromatic nitrogens is 2. The maximum Gasteiger partial charge on any atom is 0.152 e. The Hall–Kier alpha value is -1.04. The van der Waals surface area contributed by atoms with Gasteiger partial charge >= 0.3 is 0 Å². The van der Waals surface area contributed by atoms with E-state index in [1.54, 1.807) is 4.68 Å². The Morgan fingerprint density at radius 3 is 2.61 bits per heavy atom. The van der Waals surface area contributed by atoms with Gasteiger partial charge in [0.25, 0.3) is 0 Å². The molecule has 0 amide bonds. The fourth-order valence-electron chi connectivity index (χ4n) is 2.79. The second-order valence-corrected chi connectivity index (χ2v) is 7.61. The summed E-state index contributed by atoms with van der Waals surface area (Å²) in [4.78, 5) is 0. The van der Waals surface area contributed by atoms with E-state index in [0.717, 1.165) is 17.7 Å². The topological polar surface area (TPSA) is 78.0 Å². The van der Waals surface area contributed by atoms with E-state index in [4.69, 9.17) is 5.73 Å². The van der Waals surface area contributed by atoms with Crippen LogP contribution < -0.4 is 5.73 Å². The number of nitrogens with two attached hydrogens (primary N) is 1. The molecule has 1 unspecified atom stereocenters. The van der Waals surface area contributed by atoms with Crippen LogP contribution in [0.25, 0.3) is 0 Å². The Kier molecular flexibility index (Phi) is 2.66. The van der Waals surface area contributed by atoms with Crippen LogP contribution in [0.1, 0.15) is 49.4 Å². The van der Waals surface area contributed by atoms with Gasteiger partial charge in [-0.2, -0.15) is 5.10 Å². The highest BCUT2D eigenvalue weighted by molar-refractivity contribution is 7.91. The lowest BCUT2D eigenvalue weighted by molar-refractivity contribution is 0.502. The molecule has 1 saturated carbocycles. The van der Waals surface area contributed by atoms with Crippen molar-refractivity contribution in [2.45, 2.75) is 44.6 Å². The normalized spacial score (nSPS) is 26.6. The summed E-state index contributed by atoms with van der Waals surface area (Å²) < 4.78 is 24.9. The van der Waals surface area contributed by atoms with Gasteiger partial charge in [-0.05, 0) is 25.7 Å². The molecule has 2 N–H and O–H groups in total. The van der Waals surface area contributed by atoms with E-state index in [-0.39, 0.29) is 17.5 Å². The van der Waals surface area contributed by atoms with Gasteiger partial charge in [-0.25, -0.2) is 13.1 Å². The molecule has 18 heavy (non-hydrogen) atoms. The maximum absolute atomic E-state index is 11.6. The van der Waals surface area contributed by atoms with Gasteiger partial charge in [0.2, 0.25) is 0 Å². The van der Waals surface area contributed by atoms with Crippen LogP contribution in [-0.2, 0) is 16.3 Å². The average molecular weight is 269 g/mol. The van der Waals surface area contributed by atoms with Gasteiger partial charge in [0.1, 0.15) is 5.82 Å². The number of hydrogen-bond donors (Lipinski definition) is 1.